The van der Waals surface area contributed by atoms with Crippen LogP contribution in [0.15, 0.2) is 24.3 Å². The molecule has 0 bridgehead atoms. The maximum atomic E-state index is 13.2. The third-order valence-corrected chi connectivity index (χ3v) is 4.74. The molecule has 6 heteroatoms. The number of carbonyl (C=O) groups is 2. The Hall–Kier alpha value is -1.56. The molecule has 0 unspecified atom stereocenters. The fraction of sp³-hybridized carbons (Fsp3) is 0.500. The van der Waals surface area contributed by atoms with Crippen LogP contribution in [0.5, 0.6) is 0 Å². The molecule has 2 rings (SSSR count). The average Bonchev–Trinajstić information content (AvgIpc) is 2.54. The molecule has 0 spiro atoms. The molecule has 0 saturated carbocycles. The van der Waals surface area contributed by atoms with Gasteiger partial charge in [-0.1, -0.05) is 12.1 Å². The average molecular weight is 324 g/mol. The number of halogens is 1. The van der Waals surface area contributed by atoms with Gasteiger partial charge in [0.15, 0.2) is 0 Å². The van der Waals surface area contributed by atoms with Gasteiger partial charge in [0.25, 0.3) is 0 Å². The molecule has 1 aromatic rings. The van der Waals surface area contributed by atoms with Crippen LogP contribution in [0.2, 0.25) is 0 Å². The summed E-state index contributed by atoms with van der Waals surface area (Å²) in [5.74, 6) is 0.686. The standard InChI is InChI=1S/C16H21FN2O2S/c1-11(13-4-3-5-14(17)10-13)15(20)18-12(2)16(21)19-6-8-22-9-7-19/h3-5,10-12H,6-9H2,1-2H3,(H,18,20)/t11-,12-/m1/s1. The summed E-state index contributed by atoms with van der Waals surface area (Å²) in [7, 11) is 0. The Morgan fingerprint density at radius 1 is 1.27 bits per heavy atom. The highest BCUT2D eigenvalue weighted by atomic mass is 32.2. The van der Waals surface area contributed by atoms with Crippen molar-refractivity contribution in [3.8, 4) is 0 Å². The SMILES string of the molecule is C[C@@H](NC(=O)[C@H](C)c1cccc(F)c1)C(=O)N1CCSCC1. The summed E-state index contributed by atoms with van der Waals surface area (Å²) in [6, 6.07) is 5.41. The second-order valence-electron chi connectivity index (χ2n) is 5.44. The fourth-order valence-electron chi connectivity index (χ4n) is 2.39. The summed E-state index contributed by atoms with van der Waals surface area (Å²) in [5, 5.41) is 2.74. The summed E-state index contributed by atoms with van der Waals surface area (Å²) < 4.78 is 13.2. The number of amides is 2. The molecule has 1 fully saturated rings. The molecule has 1 aromatic carbocycles. The molecule has 2 atom stereocenters. The van der Waals surface area contributed by atoms with Gasteiger partial charge in [0.1, 0.15) is 11.9 Å². The quantitative estimate of drug-likeness (QED) is 0.922. The minimum absolute atomic E-state index is 0.0555. The molecular formula is C16H21FN2O2S. The lowest BCUT2D eigenvalue weighted by Gasteiger charge is -2.29. The van der Waals surface area contributed by atoms with Gasteiger partial charge < -0.3 is 10.2 Å². The molecule has 0 aliphatic carbocycles. The van der Waals surface area contributed by atoms with Gasteiger partial charge in [0.2, 0.25) is 11.8 Å². The predicted octanol–water partition coefficient (Wildman–Crippen LogP) is 2.01. The second-order valence-corrected chi connectivity index (χ2v) is 6.67. The minimum atomic E-state index is -0.563. The Morgan fingerprint density at radius 3 is 2.59 bits per heavy atom. The van der Waals surface area contributed by atoms with Crippen molar-refractivity contribution in [3.05, 3.63) is 35.6 Å². The first-order chi connectivity index (χ1) is 10.5. The van der Waals surface area contributed by atoms with Crippen molar-refractivity contribution >= 4 is 23.6 Å². The lowest BCUT2D eigenvalue weighted by atomic mass is 10.00. The number of nitrogens with zero attached hydrogens (tertiary/aromatic N) is 1. The topological polar surface area (TPSA) is 49.4 Å². The first-order valence-corrected chi connectivity index (χ1v) is 8.57. The van der Waals surface area contributed by atoms with Crippen LogP contribution in [0.1, 0.15) is 25.3 Å². The molecule has 22 heavy (non-hydrogen) atoms. The van der Waals surface area contributed by atoms with Crippen molar-refractivity contribution in [1.82, 2.24) is 10.2 Å². The number of hydrogen-bond acceptors (Lipinski definition) is 3. The van der Waals surface area contributed by atoms with Crippen LogP contribution in [0, 0.1) is 5.82 Å². The van der Waals surface area contributed by atoms with Crippen LogP contribution in [0.25, 0.3) is 0 Å². The summed E-state index contributed by atoms with van der Waals surface area (Å²) in [4.78, 5) is 26.3. The molecule has 1 N–H and O–H groups in total. The Kier molecular flexibility index (Phi) is 5.83. The van der Waals surface area contributed by atoms with Crippen molar-refractivity contribution < 1.29 is 14.0 Å². The second kappa shape index (κ2) is 7.63. The number of nitrogens with one attached hydrogen (secondary N) is 1. The maximum absolute atomic E-state index is 13.2. The molecule has 1 heterocycles. The van der Waals surface area contributed by atoms with Crippen molar-refractivity contribution in [2.24, 2.45) is 0 Å². The van der Waals surface area contributed by atoms with E-state index in [1.165, 1.54) is 12.1 Å². The zero-order valence-corrected chi connectivity index (χ0v) is 13.7. The zero-order valence-electron chi connectivity index (χ0n) is 12.8. The van der Waals surface area contributed by atoms with Crippen molar-refractivity contribution in [3.63, 3.8) is 0 Å². The molecule has 1 aliphatic heterocycles. The number of hydrogen-bond donors (Lipinski definition) is 1. The highest BCUT2D eigenvalue weighted by molar-refractivity contribution is 7.99. The third-order valence-electron chi connectivity index (χ3n) is 3.79. The fourth-order valence-corrected chi connectivity index (χ4v) is 3.29. The normalized spacial score (nSPS) is 17.7. The number of rotatable bonds is 4. The van der Waals surface area contributed by atoms with Crippen LogP contribution in [-0.2, 0) is 9.59 Å². The van der Waals surface area contributed by atoms with Crippen molar-refractivity contribution in [2.45, 2.75) is 25.8 Å². The van der Waals surface area contributed by atoms with Gasteiger partial charge in [0.05, 0.1) is 5.92 Å². The molecule has 1 saturated heterocycles. The first kappa shape index (κ1) is 16.8. The Balaban J connectivity index is 1.94. The van der Waals surface area contributed by atoms with E-state index < -0.39 is 12.0 Å². The van der Waals surface area contributed by atoms with Crippen LogP contribution in [-0.4, -0.2) is 47.4 Å². The van der Waals surface area contributed by atoms with Crippen LogP contribution in [0.4, 0.5) is 4.39 Å². The van der Waals surface area contributed by atoms with E-state index in [2.05, 4.69) is 5.32 Å². The number of carbonyl (C=O) groups excluding carboxylic acids is 2. The Morgan fingerprint density at radius 2 is 1.95 bits per heavy atom. The molecular weight excluding hydrogens is 303 g/mol. The highest BCUT2D eigenvalue weighted by Gasteiger charge is 2.25. The summed E-state index contributed by atoms with van der Waals surface area (Å²) >= 11 is 1.83. The molecule has 2 amide bonds. The van der Waals surface area contributed by atoms with Gasteiger partial charge in [-0.25, -0.2) is 4.39 Å². The molecule has 120 valence electrons. The summed E-state index contributed by atoms with van der Waals surface area (Å²) in [6.07, 6.45) is 0. The van der Waals surface area contributed by atoms with E-state index in [4.69, 9.17) is 0 Å². The van der Waals surface area contributed by atoms with E-state index in [0.717, 1.165) is 24.6 Å². The molecule has 0 radical (unpaired) electrons. The van der Waals surface area contributed by atoms with E-state index in [1.54, 1.807) is 30.9 Å². The van der Waals surface area contributed by atoms with Crippen molar-refractivity contribution in [1.29, 1.82) is 0 Å². The van der Waals surface area contributed by atoms with Gasteiger partial charge in [-0.3, -0.25) is 9.59 Å². The van der Waals surface area contributed by atoms with E-state index in [9.17, 15) is 14.0 Å². The monoisotopic (exact) mass is 324 g/mol. The van der Waals surface area contributed by atoms with E-state index in [1.807, 2.05) is 11.8 Å². The van der Waals surface area contributed by atoms with E-state index in [-0.39, 0.29) is 17.6 Å². The van der Waals surface area contributed by atoms with Gasteiger partial charge in [-0.15, -0.1) is 0 Å². The minimum Gasteiger partial charge on any atom is -0.344 e. The molecule has 0 aromatic heterocycles. The summed E-state index contributed by atoms with van der Waals surface area (Å²) in [6.45, 7) is 4.85. The zero-order chi connectivity index (χ0) is 16.1. The lowest BCUT2D eigenvalue weighted by Crippen LogP contribution is -2.50. The number of thioether (sulfide) groups is 1. The predicted molar refractivity (Wildman–Crippen MR) is 86.3 cm³/mol. The largest absolute Gasteiger partial charge is 0.344 e. The highest BCUT2D eigenvalue weighted by Crippen LogP contribution is 2.17. The van der Waals surface area contributed by atoms with E-state index >= 15 is 0 Å². The Labute approximate surface area is 134 Å². The van der Waals surface area contributed by atoms with Gasteiger partial charge in [-0.05, 0) is 31.5 Å². The summed E-state index contributed by atoms with van der Waals surface area (Å²) in [5.41, 5.74) is 0.603. The van der Waals surface area contributed by atoms with Crippen LogP contribution in [0.3, 0.4) is 0 Å². The molecule has 1 aliphatic rings. The molecule has 4 nitrogen and oxygen atoms in total. The van der Waals surface area contributed by atoms with Crippen LogP contribution < -0.4 is 5.32 Å². The van der Waals surface area contributed by atoms with Gasteiger partial charge >= 0.3 is 0 Å². The number of benzene rings is 1. The van der Waals surface area contributed by atoms with Gasteiger partial charge in [-0.2, -0.15) is 11.8 Å². The van der Waals surface area contributed by atoms with Crippen molar-refractivity contribution in [2.75, 3.05) is 24.6 Å². The lowest BCUT2D eigenvalue weighted by molar-refractivity contribution is -0.135. The van der Waals surface area contributed by atoms with Gasteiger partial charge in [0, 0.05) is 24.6 Å². The smallest absolute Gasteiger partial charge is 0.244 e. The maximum Gasteiger partial charge on any atom is 0.244 e. The third kappa shape index (κ3) is 4.22. The van der Waals surface area contributed by atoms with Crippen LogP contribution >= 0.6 is 11.8 Å². The van der Waals surface area contributed by atoms with E-state index in [0.29, 0.717) is 5.56 Å². The first-order valence-electron chi connectivity index (χ1n) is 7.41. The Bertz CT molecular complexity index is 547.